The van der Waals surface area contributed by atoms with Gasteiger partial charge in [-0.25, -0.2) is 4.98 Å². The Morgan fingerprint density at radius 3 is 2.31 bits per heavy atom. The van der Waals surface area contributed by atoms with Gasteiger partial charge in [0.25, 0.3) is 5.78 Å². The van der Waals surface area contributed by atoms with E-state index in [0.29, 0.717) is 33.3 Å². The molecule has 0 aliphatic carbocycles. The Bertz CT molecular complexity index is 1630. The van der Waals surface area contributed by atoms with Gasteiger partial charge in [0, 0.05) is 5.56 Å². The Kier molecular flexibility index (Phi) is 6.68. The first kappa shape index (κ1) is 26.4. The van der Waals surface area contributed by atoms with Crippen molar-refractivity contribution in [2.24, 2.45) is 0 Å². The molecule has 1 saturated heterocycles. The maximum atomic E-state index is 13.6. The topological polar surface area (TPSA) is 89.0 Å². The predicted molar refractivity (Wildman–Crippen MR) is 154 cm³/mol. The van der Waals surface area contributed by atoms with E-state index >= 15 is 0 Å². The SMILES string of the molecule is COc1ccc2nc(N3C(=O)C(=O)C(=C(O)c4ccc(OC)c(C)c4)[C@H]3c3ccc(C(C)(C)C)cc3)sc2c1. The molecule has 0 bridgehead atoms. The summed E-state index contributed by atoms with van der Waals surface area (Å²) in [6.45, 7) is 8.22. The molecule has 1 aliphatic rings. The molecule has 5 rings (SSSR count). The first-order valence-electron chi connectivity index (χ1n) is 12.5. The predicted octanol–water partition coefficient (Wildman–Crippen LogP) is 6.55. The van der Waals surface area contributed by atoms with E-state index in [0.717, 1.165) is 15.8 Å². The molecule has 0 unspecified atom stereocenters. The molecule has 0 spiro atoms. The van der Waals surface area contributed by atoms with Crippen molar-refractivity contribution in [3.63, 3.8) is 0 Å². The quantitative estimate of drug-likeness (QED) is 0.175. The highest BCUT2D eigenvalue weighted by Gasteiger charge is 2.48. The average molecular weight is 543 g/mol. The molecule has 7 nitrogen and oxygen atoms in total. The van der Waals surface area contributed by atoms with Crippen LogP contribution in [0.1, 0.15) is 49.1 Å². The van der Waals surface area contributed by atoms with Crippen LogP contribution in [0.5, 0.6) is 11.5 Å². The van der Waals surface area contributed by atoms with Gasteiger partial charge in [-0.3, -0.25) is 14.5 Å². The van der Waals surface area contributed by atoms with Crippen LogP contribution in [0.3, 0.4) is 0 Å². The van der Waals surface area contributed by atoms with Gasteiger partial charge in [0.15, 0.2) is 5.13 Å². The van der Waals surface area contributed by atoms with E-state index in [4.69, 9.17) is 9.47 Å². The molecule has 39 heavy (non-hydrogen) atoms. The Labute approximate surface area is 231 Å². The van der Waals surface area contributed by atoms with Crippen molar-refractivity contribution >= 4 is 44.1 Å². The molecule has 1 fully saturated rings. The Morgan fingerprint density at radius 1 is 0.974 bits per heavy atom. The van der Waals surface area contributed by atoms with Crippen LogP contribution in [0, 0.1) is 6.92 Å². The second kappa shape index (κ2) is 9.85. The number of methoxy groups -OCH3 is 2. The molecule has 1 aromatic heterocycles. The van der Waals surface area contributed by atoms with Gasteiger partial charge in [0.1, 0.15) is 17.3 Å². The number of ether oxygens (including phenoxy) is 2. The third-order valence-corrected chi connectivity index (χ3v) is 8.01. The summed E-state index contributed by atoms with van der Waals surface area (Å²) in [5.41, 5.74) is 3.66. The van der Waals surface area contributed by atoms with Gasteiger partial charge >= 0.3 is 5.91 Å². The number of ketones is 1. The van der Waals surface area contributed by atoms with Crippen LogP contribution in [0.4, 0.5) is 5.13 Å². The van der Waals surface area contributed by atoms with Crippen LogP contribution in [-0.4, -0.2) is 36.0 Å². The minimum absolute atomic E-state index is 0.0184. The number of thiazole rings is 1. The number of hydrogen-bond donors (Lipinski definition) is 1. The number of Topliss-reactive ketones (excluding diaryl/α,β-unsaturated/α-hetero) is 1. The fourth-order valence-corrected chi connectivity index (χ4v) is 5.84. The van der Waals surface area contributed by atoms with Crippen molar-refractivity contribution in [1.82, 2.24) is 4.98 Å². The smallest absolute Gasteiger partial charge is 0.301 e. The van der Waals surface area contributed by atoms with Crippen LogP contribution in [0.2, 0.25) is 0 Å². The van der Waals surface area contributed by atoms with Gasteiger partial charge in [-0.15, -0.1) is 0 Å². The van der Waals surface area contributed by atoms with E-state index < -0.39 is 17.7 Å². The first-order valence-corrected chi connectivity index (χ1v) is 13.4. The highest BCUT2D eigenvalue weighted by Crippen LogP contribution is 2.45. The van der Waals surface area contributed by atoms with Crippen LogP contribution >= 0.6 is 11.3 Å². The number of hydrogen-bond acceptors (Lipinski definition) is 7. The third-order valence-electron chi connectivity index (χ3n) is 7.00. The van der Waals surface area contributed by atoms with Crippen LogP contribution in [0.15, 0.2) is 66.2 Å². The zero-order valence-corrected chi connectivity index (χ0v) is 23.6. The normalized spacial score (nSPS) is 17.2. The van der Waals surface area contributed by atoms with Gasteiger partial charge in [-0.1, -0.05) is 56.4 Å². The van der Waals surface area contributed by atoms with Crippen LogP contribution in [-0.2, 0) is 15.0 Å². The zero-order chi connectivity index (χ0) is 28.1. The molecule has 0 radical (unpaired) electrons. The van der Waals surface area contributed by atoms with E-state index in [1.165, 1.54) is 16.2 Å². The van der Waals surface area contributed by atoms with Crippen molar-refractivity contribution in [3.05, 3.63) is 88.5 Å². The number of carbonyl (C=O) groups is 2. The van der Waals surface area contributed by atoms with E-state index in [-0.39, 0.29) is 16.7 Å². The Balaban J connectivity index is 1.71. The number of fused-ring (bicyclic) bond motifs is 1. The second-order valence-electron chi connectivity index (χ2n) is 10.6. The third kappa shape index (κ3) is 4.65. The molecule has 0 saturated carbocycles. The highest BCUT2D eigenvalue weighted by atomic mass is 32.1. The zero-order valence-electron chi connectivity index (χ0n) is 22.7. The highest BCUT2D eigenvalue weighted by molar-refractivity contribution is 7.22. The molecule has 1 atom stereocenters. The molecular formula is C31H30N2O5S. The number of rotatable bonds is 5. The van der Waals surface area contributed by atoms with E-state index in [9.17, 15) is 14.7 Å². The summed E-state index contributed by atoms with van der Waals surface area (Å²) in [5, 5.41) is 11.9. The molecule has 4 aromatic rings. The molecule has 200 valence electrons. The van der Waals surface area contributed by atoms with E-state index in [2.05, 4.69) is 25.8 Å². The monoisotopic (exact) mass is 542 g/mol. The molecule has 1 amide bonds. The summed E-state index contributed by atoms with van der Waals surface area (Å²) in [5.74, 6) is -0.412. The molecule has 8 heteroatoms. The molecular weight excluding hydrogens is 512 g/mol. The van der Waals surface area contributed by atoms with Gasteiger partial charge < -0.3 is 14.6 Å². The number of aliphatic hydroxyl groups is 1. The van der Waals surface area contributed by atoms with Crippen molar-refractivity contribution in [2.45, 2.75) is 39.2 Å². The summed E-state index contributed by atoms with van der Waals surface area (Å²) in [6, 6.07) is 17.6. The number of aromatic nitrogens is 1. The number of nitrogens with zero attached hydrogens (tertiary/aromatic N) is 2. The number of benzene rings is 3. The largest absolute Gasteiger partial charge is 0.507 e. The summed E-state index contributed by atoms with van der Waals surface area (Å²) >= 11 is 1.29. The van der Waals surface area contributed by atoms with E-state index in [1.807, 2.05) is 43.3 Å². The lowest BCUT2D eigenvalue weighted by atomic mass is 9.85. The van der Waals surface area contributed by atoms with Gasteiger partial charge in [-0.2, -0.15) is 0 Å². The number of carbonyl (C=O) groups excluding carboxylic acids is 2. The number of amides is 1. The average Bonchev–Trinajstić information content (AvgIpc) is 3.45. The lowest BCUT2D eigenvalue weighted by Gasteiger charge is -2.24. The summed E-state index contributed by atoms with van der Waals surface area (Å²) < 4.78 is 11.5. The first-order chi connectivity index (χ1) is 18.5. The lowest BCUT2D eigenvalue weighted by Crippen LogP contribution is -2.29. The summed E-state index contributed by atoms with van der Waals surface area (Å²) in [4.78, 5) is 33.2. The molecule has 2 heterocycles. The Morgan fingerprint density at radius 2 is 1.69 bits per heavy atom. The minimum atomic E-state index is -0.858. The van der Waals surface area contributed by atoms with Crippen LogP contribution < -0.4 is 14.4 Å². The molecule has 1 aliphatic heterocycles. The van der Waals surface area contributed by atoms with Crippen molar-refractivity contribution in [2.75, 3.05) is 19.1 Å². The summed E-state index contributed by atoms with van der Waals surface area (Å²) in [7, 11) is 3.16. The lowest BCUT2D eigenvalue weighted by molar-refractivity contribution is -0.132. The standard InChI is InChI=1S/C31H30N2O5S/c1-17-15-19(9-14-23(17)38-6)27(34)25-26(18-7-10-20(11-8-18)31(2,3)4)33(29(36)28(25)35)30-32-22-13-12-21(37-5)16-24(22)39-30/h7-16,26,34H,1-6H3/t26-/m1/s1. The maximum Gasteiger partial charge on any atom is 0.301 e. The van der Waals surface area contributed by atoms with Gasteiger partial charge in [0.05, 0.1) is 36.1 Å². The summed E-state index contributed by atoms with van der Waals surface area (Å²) in [6.07, 6.45) is 0. The number of aryl methyl sites for hydroxylation is 1. The minimum Gasteiger partial charge on any atom is -0.507 e. The molecule has 3 aromatic carbocycles. The van der Waals surface area contributed by atoms with Gasteiger partial charge in [0.2, 0.25) is 0 Å². The number of anilines is 1. The van der Waals surface area contributed by atoms with Crippen molar-refractivity contribution in [3.8, 4) is 11.5 Å². The second-order valence-corrected chi connectivity index (χ2v) is 11.6. The van der Waals surface area contributed by atoms with Crippen molar-refractivity contribution < 1.29 is 24.2 Å². The number of aliphatic hydroxyl groups excluding tert-OH is 1. The fraction of sp³-hybridized carbons (Fsp3) is 0.258. The van der Waals surface area contributed by atoms with Gasteiger partial charge in [-0.05, 0) is 65.4 Å². The van der Waals surface area contributed by atoms with Crippen molar-refractivity contribution in [1.29, 1.82) is 0 Å². The molecule has 1 N–H and O–H groups in total. The van der Waals surface area contributed by atoms with E-state index in [1.54, 1.807) is 38.5 Å². The maximum absolute atomic E-state index is 13.6. The van der Waals surface area contributed by atoms with Crippen LogP contribution in [0.25, 0.3) is 16.0 Å². The fourth-order valence-electron chi connectivity index (χ4n) is 4.81. The Hall–Kier alpha value is -4.17.